The molecule has 19 heavy (non-hydrogen) atoms. The first kappa shape index (κ1) is 17.3. The highest BCUT2D eigenvalue weighted by atomic mass is 16.4. The Morgan fingerprint density at radius 1 is 1.26 bits per heavy atom. The average molecular weight is 268 g/mol. The van der Waals surface area contributed by atoms with Crippen molar-refractivity contribution in [3.63, 3.8) is 0 Å². The van der Waals surface area contributed by atoms with Crippen molar-refractivity contribution in [2.45, 2.75) is 57.9 Å². The highest BCUT2D eigenvalue weighted by Gasteiger charge is 2.07. The predicted octanol–water partition coefficient (Wildman–Crippen LogP) is 2.12. The molecule has 0 aromatic heterocycles. The van der Waals surface area contributed by atoms with Crippen LogP contribution in [-0.2, 0) is 4.79 Å². The van der Waals surface area contributed by atoms with Gasteiger partial charge in [0.2, 0.25) is 0 Å². The second-order valence-corrected chi connectivity index (χ2v) is 4.47. The number of hydrogen-bond donors (Lipinski definition) is 3. The van der Waals surface area contributed by atoms with E-state index in [4.69, 9.17) is 11.5 Å². The van der Waals surface area contributed by atoms with Gasteiger partial charge in [0.25, 0.3) is 0 Å². The quantitative estimate of drug-likeness (QED) is 0.419. The zero-order valence-electron chi connectivity index (χ0n) is 11.6. The van der Waals surface area contributed by atoms with Crippen molar-refractivity contribution in [1.29, 1.82) is 0 Å². The number of nitrogens with one attached hydrogen (secondary N) is 2. The Labute approximate surface area is 115 Å². The molecule has 0 bridgehead atoms. The van der Waals surface area contributed by atoms with E-state index in [-0.39, 0.29) is 18.5 Å². The maximum absolute atomic E-state index is 11.5. The smallest absolute Gasteiger partial charge is 0.315 e. The molecule has 2 amide bonds. The first-order valence-electron chi connectivity index (χ1n) is 6.82. The number of terminal acetylenes is 1. The monoisotopic (exact) mass is 268 g/mol. The van der Waals surface area contributed by atoms with Gasteiger partial charge in [0.1, 0.15) is 0 Å². The SMILES string of the molecule is C#CC(CCC)NC(=O)NCCCCCCC(=O)O. The molecule has 0 radical (unpaired) electrons. The average Bonchev–Trinajstić information content (AvgIpc) is 2.36. The largest absolute Gasteiger partial charge is 0.481 e. The number of hydrogen-bond acceptors (Lipinski definition) is 2. The van der Waals surface area contributed by atoms with E-state index in [1.165, 1.54) is 0 Å². The standard InChI is InChI=1S/C14H24N2O3/c1-3-9-12(4-2)16-14(19)15-11-8-6-5-7-10-13(17)18/h2,12H,3,5-11H2,1H3,(H,17,18)(H2,15,16,19). The fourth-order valence-corrected chi connectivity index (χ4v) is 1.65. The summed E-state index contributed by atoms with van der Waals surface area (Å²) in [6.07, 6.45) is 10.6. The van der Waals surface area contributed by atoms with E-state index < -0.39 is 5.97 Å². The van der Waals surface area contributed by atoms with Crippen molar-refractivity contribution >= 4 is 12.0 Å². The van der Waals surface area contributed by atoms with Crippen LogP contribution in [0.3, 0.4) is 0 Å². The van der Waals surface area contributed by atoms with Gasteiger partial charge in [0.05, 0.1) is 6.04 Å². The summed E-state index contributed by atoms with van der Waals surface area (Å²) < 4.78 is 0. The molecule has 0 aromatic carbocycles. The van der Waals surface area contributed by atoms with Crippen molar-refractivity contribution < 1.29 is 14.7 Å². The van der Waals surface area contributed by atoms with Crippen LogP contribution in [0.1, 0.15) is 51.9 Å². The molecule has 5 nitrogen and oxygen atoms in total. The summed E-state index contributed by atoms with van der Waals surface area (Å²) in [6.45, 7) is 2.60. The Kier molecular flexibility index (Phi) is 10.4. The fraction of sp³-hybridized carbons (Fsp3) is 0.714. The Balaban J connectivity index is 3.48. The van der Waals surface area contributed by atoms with E-state index in [2.05, 4.69) is 16.6 Å². The van der Waals surface area contributed by atoms with Crippen molar-refractivity contribution in [2.24, 2.45) is 0 Å². The predicted molar refractivity (Wildman–Crippen MR) is 74.8 cm³/mol. The number of carbonyl (C=O) groups excluding carboxylic acids is 1. The van der Waals surface area contributed by atoms with Crippen LogP contribution in [0.15, 0.2) is 0 Å². The lowest BCUT2D eigenvalue weighted by atomic mass is 10.1. The molecule has 0 saturated heterocycles. The van der Waals surface area contributed by atoms with Crippen LogP contribution >= 0.6 is 0 Å². The van der Waals surface area contributed by atoms with E-state index in [1.54, 1.807) is 0 Å². The molecule has 0 heterocycles. The minimum Gasteiger partial charge on any atom is -0.481 e. The van der Waals surface area contributed by atoms with E-state index >= 15 is 0 Å². The second kappa shape index (κ2) is 11.4. The van der Waals surface area contributed by atoms with E-state index in [0.29, 0.717) is 13.0 Å². The summed E-state index contributed by atoms with van der Waals surface area (Å²) in [5, 5.41) is 13.9. The van der Waals surface area contributed by atoms with Crippen LogP contribution < -0.4 is 10.6 Å². The zero-order chi connectivity index (χ0) is 14.5. The lowest BCUT2D eigenvalue weighted by Gasteiger charge is -2.12. The minimum absolute atomic E-state index is 0.208. The number of aliphatic carboxylic acids is 1. The van der Waals surface area contributed by atoms with Gasteiger partial charge in [-0.2, -0.15) is 0 Å². The number of amides is 2. The molecule has 3 N–H and O–H groups in total. The van der Waals surface area contributed by atoms with Crippen LogP contribution in [0.25, 0.3) is 0 Å². The summed E-state index contributed by atoms with van der Waals surface area (Å²) in [6, 6.07) is -0.442. The third-order valence-corrected chi connectivity index (χ3v) is 2.69. The van der Waals surface area contributed by atoms with Gasteiger partial charge in [0.15, 0.2) is 0 Å². The number of rotatable bonds is 10. The number of carboxylic acid groups (broad SMARTS) is 1. The molecule has 0 rings (SSSR count). The molecule has 1 unspecified atom stereocenters. The van der Waals surface area contributed by atoms with Crippen molar-refractivity contribution in [3.8, 4) is 12.3 Å². The molecule has 5 heteroatoms. The van der Waals surface area contributed by atoms with Crippen LogP contribution in [0.5, 0.6) is 0 Å². The van der Waals surface area contributed by atoms with Gasteiger partial charge in [-0.15, -0.1) is 6.42 Å². The summed E-state index contributed by atoms with van der Waals surface area (Å²) in [4.78, 5) is 21.8. The van der Waals surface area contributed by atoms with Gasteiger partial charge < -0.3 is 15.7 Å². The van der Waals surface area contributed by atoms with Crippen LogP contribution in [-0.4, -0.2) is 29.7 Å². The van der Waals surface area contributed by atoms with Crippen LogP contribution in [0.4, 0.5) is 4.79 Å². The van der Waals surface area contributed by atoms with E-state index in [0.717, 1.165) is 32.1 Å². The fourth-order valence-electron chi connectivity index (χ4n) is 1.65. The first-order valence-corrected chi connectivity index (χ1v) is 6.82. The Hall–Kier alpha value is -1.70. The molecule has 0 aliphatic rings. The number of unbranched alkanes of at least 4 members (excludes halogenated alkanes) is 3. The summed E-state index contributed by atoms with van der Waals surface area (Å²) in [5.41, 5.74) is 0. The Morgan fingerprint density at radius 3 is 2.53 bits per heavy atom. The zero-order valence-corrected chi connectivity index (χ0v) is 11.6. The molecular formula is C14H24N2O3. The van der Waals surface area contributed by atoms with Crippen LogP contribution in [0.2, 0.25) is 0 Å². The number of carboxylic acids is 1. The maximum atomic E-state index is 11.5. The third-order valence-electron chi connectivity index (χ3n) is 2.69. The molecule has 0 spiro atoms. The molecule has 0 fully saturated rings. The second-order valence-electron chi connectivity index (χ2n) is 4.47. The van der Waals surface area contributed by atoms with E-state index in [1.807, 2.05) is 6.92 Å². The topological polar surface area (TPSA) is 78.4 Å². The van der Waals surface area contributed by atoms with Gasteiger partial charge in [-0.1, -0.05) is 32.1 Å². The highest BCUT2D eigenvalue weighted by Crippen LogP contribution is 2.02. The Morgan fingerprint density at radius 2 is 1.95 bits per heavy atom. The summed E-state index contributed by atoms with van der Waals surface area (Å²) in [7, 11) is 0. The lowest BCUT2D eigenvalue weighted by Crippen LogP contribution is -2.41. The van der Waals surface area contributed by atoms with Gasteiger partial charge in [-0.05, 0) is 19.3 Å². The number of urea groups is 1. The lowest BCUT2D eigenvalue weighted by molar-refractivity contribution is -0.137. The Bertz CT molecular complexity index is 310. The highest BCUT2D eigenvalue weighted by molar-refractivity contribution is 5.74. The summed E-state index contributed by atoms with van der Waals surface area (Å²) in [5.74, 6) is 1.78. The van der Waals surface area contributed by atoms with Gasteiger partial charge in [-0.3, -0.25) is 4.79 Å². The summed E-state index contributed by atoms with van der Waals surface area (Å²) >= 11 is 0. The third kappa shape index (κ3) is 11.1. The van der Waals surface area contributed by atoms with Crippen molar-refractivity contribution in [1.82, 2.24) is 10.6 Å². The van der Waals surface area contributed by atoms with Crippen molar-refractivity contribution in [3.05, 3.63) is 0 Å². The van der Waals surface area contributed by atoms with Crippen molar-refractivity contribution in [2.75, 3.05) is 6.54 Å². The molecular weight excluding hydrogens is 244 g/mol. The maximum Gasteiger partial charge on any atom is 0.315 e. The molecule has 0 saturated carbocycles. The van der Waals surface area contributed by atoms with Crippen LogP contribution in [0, 0.1) is 12.3 Å². The normalized spacial score (nSPS) is 11.4. The first-order chi connectivity index (χ1) is 9.10. The van der Waals surface area contributed by atoms with E-state index in [9.17, 15) is 9.59 Å². The van der Waals surface area contributed by atoms with Gasteiger partial charge >= 0.3 is 12.0 Å². The molecule has 0 aliphatic carbocycles. The van der Waals surface area contributed by atoms with Gasteiger partial charge in [-0.25, -0.2) is 4.79 Å². The minimum atomic E-state index is -0.756. The molecule has 0 aliphatic heterocycles. The number of carbonyl (C=O) groups is 2. The molecule has 0 aromatic rings. The molecule has 1 atom stereocenters. The molecule has 108 valence electrons. The van der Waals surface area contributed by atoms with Gasteiger partial charge in [0, 0.05) is 13.0 Å².